The molecule has 0 amide bonds. The fourth-order valence-corrected chi connectivity index (χ4v) is 5.69. The van der Waals surface area contributed by atoms with Crippen LogP contribution in [0.15, 0.2) is 66.7 Å². The van der Waals surface area contributed by atoms with E-state index in [-0.39, 0.29) is 0 Å². The average Bonchev–Trinajstić information content (AvgIpc) is 2.91. The SMILES string of the molecule is CCCCCCCN(CCCCCCC)CC(O)c1cc2ccccc2c2ccc3ccccc3c12. The van der Waals surface area contributed by atoms with Crippen LogP contribution in [0.25, 0.3) is 32.3 Å². The minimum Gasteiger partial charge on any atom is -0.387 e. The summed E-state index contributed by atoms with van der Waals surface area (Å²) < 4.78 is 0. The third kappa shape index (κ3) is 6.66. The Morgan fingerprint density at radius 2 is 1.19 bits per heavy atom. The minimum absolute atomic E-state index is 0.505. The van der Waals surface area contributed by atoms with Crippen molar-refractivity contribution in [1.82, 2.24) is 4.90 Å². The molecule has 4 aromatic carbocycles. The van der Waals surface area contributed by atoms with Crippen molar-refractivity contribution in [1.29, 1.82) is 0 Å². The number of benzene rings is 4. The van der Waals surface area contributed by atoms with Crippen LogP contribution in [-0.2, 0) is 0 Å². The highest BCUT2D eigenvalue weighted by molar-refractivity contribution is 6.18. The Hall–Kier alpha value is -2.42. The number of aliphatic hydroxyl groups excluding tert-OH is 1. The second-order valence-electron chi connectivity index (χ2n) is 10.5. The van der Waals surface area contributed by atoms with Gasteiger partial charge >= 0.3 is 0 Å². The van der Waals surface area contributed by atoms with E-state index in [2.05, 4.69) is 85.5 Å². The Bertz CT molecular complexity index is 1220. The number of rotatable bonds is 15. The predicted octanol–water partition coefficient (Wildman–Crippen LogP) is 9.42. The van der Waals surface area contributed by atoms with Crippen LogP contribution >= 0.6 is 0 Å². The summed E-state index contributed by atoms with van der Waals surface area (Å²) >= 11 is 0. The highest BCUT2D eigenvalue weighted by Crippen LogP contribution is 2.37. The van der Waals surface area contributed by atoms with E-state index in [9.17, 15) is 5.11 Å². The lowest BCUT2D eigenvalue weighted by Crippen LogP contribution is -2.31. The van der Waals surface area contributed by atoms with E-state index in [1.165, 1.54) is 96.5 Å². The largest absolute Gasteiger partial charge is 0.387 e. The van der Waals surface area contributed by atoms with Crippen LogP contribution in [0.4, 0.5) is 0 Å². The second kappa shape index (κ2) is 13.8. The normalized spacial score (nSPS) is 12.8. The summed E-state index contributed by atoms with van der Waals surface area (Å²) in [5.41, 5.74) is 1.07. The zero-order valence-electron chi connectivity index (χ0n) is 22.5. The van der Waals surface area contributed by atoms with Gasteiger partial charge in [-0.2, -0.15) is 0 Å². The van der Waals surface area contributed by atoms with Gasteiger partial charge < -0.3 is 10.0 Å². The lowest BCUT2D eigenvalue weighted by atomic mass is 9.90. The number of nitrogens with zero attached hydrogens (tertiary/aromatic N) is 1. The van der Waals surface area contributed by atoms with E-state index < -0.39 is 6.10 Å². The smallest absolute Gasteiger partial charge is 0.0923 e. The molecule has 0 saturated carbocycles. The van der Waals surface area contributed by atoms with Gasteiger partial charge in [0.25, 0.3) is 0 Å². The molecule has 36 heavy (non-hydrogen) atoms. The molecule has 0 fully saturated rings. The minimum atomic E-state index is -0.505. The van der Waals surface area contributed by atoms with Crippen LogP contribution in [0.1, 0.15) is 89.7 Å². The molecule has 0 spiro atoms. The Kier molecular flexibility index (Phi) is 10.2. The maximum Gasteiger partial charge on any atom is 0.0923 e. The lowest BCUT2D eigenvalue weighted by Gasteiger charge is -2.26. The standard InChI is InChI=1S/C34H45NO/c1-3-5-7-9-15-23-35(24-16-10-8-6-4-2)26-33(36)32-25-28-18-12-13-19-29(28)31-22-21-27-17-11-14-20-30(27)34(31)32/h11-14,17-22,25,33,36H,3-10,15-16,23-24,26H2,1-2H3. The van der Waals surface area contributed by atoms with Crippen LogP contribution in [0.5, 0.6) is 0 Å². The zero-order valence-corrected chi connectivity index (χ0v) is 22.5. The van der Waals surface area contributed by atoms with Crippen LogP contribution < -0.4 is 0 Å². The van der Waals surface area contributed by atoms with E-state index in [0.29, 0.717) is 6.54 Å². The average molecular weight is 484 g/mol. The number of fused-ring (bicyclic) bond motifs is 5. The third-order valence-corrected chi connectivity index (χ3v) is 7.73. The van der Waals surface area contributed by atoms with Crippen LogP contribution in [0, 0.1) is 0 Å². The molecule has 1 N–H and O–H groups in total. The summed E-state index contributed by atoms with van der Waals surface area (Å²) in [7, 11) is 0. The molecule has 2 nitrogen and oxygen atoms in total. The molecule has 4 aromatic rings. The zero-order chi connectivity index (χ0) is 25.2. The Balaban J connectivity index is 1.62. The highest BCUT2D eigenvalue weighted by atomic mass is 16.3. The van der Waals surface area contributed by atoms with E-state index in [1.807, 2.05) is 0 Å². The summed E-state index contributed by atoms with van der Waals surface area (Å²) in [6.45, 7) is 7.42. The van der Waals surface area contributed by atoms with Crippen molar-refractivity contribution in [2.24, 2.45) is 0 Å². The van der Waals surface area contributed by atoms with E-state index >= 15 is 0 Å². The molecule has 192 valence electrons. The summed E-state index contributed by atoms with van der Waals surface area (Å²) in [6.07, 6.45) is 12.4. The molecule has 2 heteroatoms. The van der Waals surface area contributed by atoms with Gasteiger partial charge in [-0.15, -0.1) is 0 Å². The van der Waals surface area contributed by atoms with Gasteiger partial charge in [-0.25, -0.2) is 0 Å². The molecule has 0 radical (unpaired) electrons. The second-order valence-corrected chi connectivity index (χ2v) is 10.5. The fourth-order valence-electron chi connectivity index (χ4n) is 5.69. The van der Waals surface area contributed by atoms with Crippen LogP contribution in [0.2, 0.25) is 0 Å². The van der Waals surface area contributed by atoms with Gasteiger partial charge in [0, 0.05) is 6.54 Å². The summed E-state index contributed by atoms with van der Waals surface area (Å²) in [5.74, 6) is 0. The maximum absolute atomic E-state index is 11.7. The Morgan fingerprint density at radius 1 is 0.611 bits per heavy atom. The number of hydrogen-bond donors (Lipinski definition) is 1. The van der Waals surface area contributed by atoms with Crippen molar-refractivity contribution in [3.63, 3.8) is 0 Å². The van der Waals surface area contributed by atoms with Gasteiger partial charge in [0.15, 0.2) is 0 Å². The van der Waals surface area contributed by atoms with Crippen molar-refractivity contribution in [3.8, 4) is 0 Å². The van der Waals surface area contributed by atoms with Crippen LogP contribution in [-0.4, -0.2) is 29.6 Å². The summed E-state index contributed by atoms with van der Waals surface area (Å²) in [5, 5.41) is 19.1. The Labute approximate surface area is 218 Å². The summed E-state index contributed by atoms with van der Waals surface area (Å²) in [4.78, 5) is 2.54. The first kappa shape index (κ1) is 26.6. The molecule has 0 saturated heterocycles. The van der Waals surface area contributed by atoms with Crippen molar-refractivity contribution in [2.45, 2.75) is 84.2 Å². The third-order valence-electron chi connectivity index (χ3n) is 7.73. The van der Waals surface area contributed by atoms with Crippen molar-refractivity contribution < 1.29 is 5.11 Å². The van der Waals surface area contributed by atoms with Gasteiger partial charge in [0.05, 0.1) is 6.10 Å². The Morgan fingerprint density at radius 3 is 1.86 bits per heavy atom. The van der Waals surface area contributed by atoms with Crippen molar-refractivity contribution >= 4 is 32.3 Å². The van der Waals surface area contributed by atoms with Gasteiger partial charge in [-0.1, -0.05) is 126 Å². The monoisotopic (exact) mass is 483 g/mol. The maximum atomic E-state index is 11.7. The first-order chi connectivity index (χ1) is 17.7. The van der Waals surface area contributed by atoms with Gasteiger partial charge in [0.1, 0.15) is 0 Å². The topological polar surface area (TPSA) is 23.5 Å². The molecule has 1 unspecified atom stereocenters. The summed E-state index contributed by atoms with van der Waals surface area (Å²) in [6, 6.07) is 23.9. The first-order valence-corrected chi connectivity index (χ1v) is 14.5. The van der Waals surface area contributed by atoms with Crippen molar-refractivity contribution in [2.75, 3.05) is 19.6 Å². The van der Waals surface area contributed by atoms with Gasteiger partial charge in [-0.05, 0) is 69.9 Å². The van der Waals surface area contributed by atoms with E-state index in [1.54, 1.807) is 0 Å². The molecule has 0 aliphatic rings. The van der Waals surface area contributed by atoms with Gasteiger partial charge in [0.2, 0.25) is 0 Å². The van der Waals surface area contributed by atoms with Crippen molar-refractivity contribution in [3.05, 3.63) is 72.3 Å². The molecule has 0 aromatic heterocycles. The fraction of sp³-hybridized carbons (Fsp3) is 0.471. The molecule has 0 aliphatic carbocycles. The lowest BCUT2D eigenvalue weighted by molar-refractivity contribution is 0.111. The molecule has 4 rings (SSSR count). The number of aliphatic hydroxyl groups is 1. The first-order valence-electron chi connectivity index (χ1n) is 14.5. The molecule has 0 heterocycles. The number of unbranched alkanes of at least 4 members (excludes halogenated alkanes) is 8. The van der Waals surface area contributed by atoms with E-state index in [4.69, 9.17) is 0 Å². The van der Waals surface area contributed by atoms with E-state index in [0.717, 1.165) is 18.7 Å². The highest BCUT2D eigenvalue weighted by Gasteiger charge is 2.19. The van der Waals surface area contributed by atoms with Crippen LogP contribution in [0.3, 0.4) is 0 Å². The number of hydrogen-bond acceptors (Lipinski definition) is 2. The molecular formula is C34H45NO. The van der Waals surface area contributed by atoms with Gasteiger partial charge in [-0.3, -0.25) is 0 Å². The molecule has 0 aliphatic heterocycles. The molecule has 1 atom stereocenters. The quantitative estimate of drug-likeness (QED) is 0.134. The predicted molar refractivity (Wildman–Crippen MR) is 158 cm³/mol. The molecule has 0 bridgehead atoms. The molecular weight excluding hydrogens is 438 g/mol.